The second-order valence-electron chi connectivity index (χ2n) is 7.96. The third-order valence-electron chi connectivity index (χ3n) is 5.80. The summed E-state index contributed by atoms with van der Waals surface area (Å²) in [5.74, 6) is 1.64. The number of amides is 1. The fraction of sp³-hybridized carbons (Fsp3) is 0.458. The van der Waals surface area contributed by atoms with Gasteiger partial charge >= 0.3 is 0 Å². The topological polar surface area (TPSA) is 62.2 Å². The van der Waals surface area contributed by atoms with Gasteiger partial charge in [0.1, 0.15) is 11.5 Å². The zero-order chi connectivity index (χ0) is 21.5. The molecule has 1 N–H and O–H groups in total. The number of carbonyl (C=O) groups is 1. The van der Waals surface area contributed by atoms with Crippen molar-refractivity contribution in [3.05, 3.63) is 59.7 Å². The van der Waals surface area contributed by atoms with Crippen LogP contribution in [-0.4, -0.2) is 68.3 Å². The van der Waals surface area contributed by atoms with Crippen LogP contribution in [0.15, 0.2) is 48.5 Å². The maximum absolute atomic E-state index is 12.9. The first-order valence-electron chi connectivity index (χ1n) is 10.4. The second kappa shape index (κ2) is 10.5. The van der Waals surface area contributed by atoms with E-state index in [9.17, 15) is 9.90 Å². The van der Waals surface area contributed by atoms with Crippen molar-refractivity contribution >= 4 is 5.91 Å². The zero-order valence-electron chi connectivity index (χ0n) is 18.1. The lowest BCUT2D eigenvalue weighted by molar-refractivity contribution is 0.0681. The molecular formula is C24H32N2O4. The summed E-state index contributed by atoms with van der Waals surface area (Å²) in [5, 5.41) is 10.5. The average molecular weight is 413 g/mol. The number of likely N-dealkylation sites (tertiary alicyclic amines) is 1. The van der Waals surface area contributed by atoms with E-state index in [-0.39, 0.29) is 5.91 Å². The average Bonchev–Trinajstić information content (AvgIpc) is 2.79. The van der Waals surface area contributed by atoms with Crippen molar-refractivity contribution in [2.24, 2.45) is 5.92 Å². The molecule has 162 valence electrons. The molecule has 6 nitrogen and oxygen atoms in total. The number of hydrogen-bond donors (Lipinski definition) is 1. The van der Waals surface area contributed by atoms with Gasteiger partial charge in [-0.05, 0) is 49.5 Å². The van der Waals surface area contributed by atoms with Gasteiger partial charge in [-0.2, -0.15) is 0 Å². The summed E-state index contributed by atoms with van der Waals surface area (Å²) in [6.45, 7) is 3.23. The molecule has 1 aliphatic heterocycles. The molecule has 0 aromatic heterocycles. The van der Waals surface area contributed by atoms with Crippen LogP contribution in [0.4, 0.5) is 0 Å². The van der Waals surface area contributed by atoms with E-state index in [0.717, 1.165) is 31.5 Å². The van der Waals surface area contributed by atoms with Gasteiger partial charge in [-0.25, -0.2) is 0 Å². The third kappa shape index (κ3) is 5.74. The van der Waals surface area contributed by atoms with E-state index >= 15 is 0 Å². The minimum Gasteiger partial charge on any atom is -0.497 e. The number of ether oxygens (including phenoxy) is 2. The van der Waals surface area contributed by atoms with Gasteiger partial charge in [0.2, 0.25) is 0 Å². The van der Waals surface area contributed by atoms with Gasteiger partial charge in [-0.15, -0.1) is 0 Å². The van der Waals surface area contributed by atoms with Crippen LogP contribution in [0, 0.1) is 5.92 Å². The number of β-amino-alcohol motifs (C(OH)–C–C–N with tert-alkyl or cyclic N) is 1. The minimum absolute atomic E-state index is 0.0332. The van der Waals surface area contributed by atoms with Gasteiger partial charge in [0.15, 0.2) is 0 Å². The maximum atomic E-state index is 12.9. The van der Waals surface area contributed by atoms with E-state index in [0.29, 0.717) is 36.1 Å². The molecule has 1 fully saturated rings. The number of nitrogens with zero attached hydrogens (tertiary/aromatic N) is 2. The molecular weight excluding hydrogens is 380 g/mol. The number of carbonyl (C=O) groups excluding carboxylic acids is 1. The highest BCUT2D eigenvalue weighted by Gasteiger charge is 2.24. The Kier molecular flexibility index (Phi) is 7.71. The fourth-order valence-electron chi connectivity index (χ4n) is 4.00. The molecule has 0 bridgehead atoms. The number of benzene rings is 2. The van der Waals surface area contributed by atoms with Crippen molar-refractivity contribution in [2.75, 3.05) is 47.4 Å². The number of aliphatic hydroxyl groups is 1. The van der Waals surface area contributed by atoms with Crippen LogP contribution in [0.3, 0.4) is 0 Å². The molecule has 0 unspecified atom stereocenters. The van der Waals surface area contributed by atoms with Crippen molar-refractivity contribution in [3.8, 4) is 11.5 Å². The van der Waals surface area contributed by atoms with Gasteiger partial charge in [0.05, 0.1) is 20.3 Å². The Morgan fingerprint density at radius 1 is 1.10 bits per heavy atom. The standard InChI is InChI=1S/C24H32N2O4/c1-25(24(28)20-13-21(29-2)15-22(14-20)30-3)16-18-9-11-26(12-10-18)17-23(27)19-7-5-4-6-8-19/h4-8,13-15,18,23,27H,9-12,16-17H2,1-3H3/t23-/m1/s1. The molecule has 0 aliphatic carbocycles. The van der Waals surface area contributed by atoms with E-state index in [1.165, 1.54) is 0 Å². The van der Waals surface area contributed by atoms with Gasteiger partial charge in [0, 0.05) is 31.8 Å². The number of rotatable bonds is 8. The molecule has 0 saturated carbocycles. The number of methoxy groups -OCH3 is 2. The van der Waals surface area contributed by atoms with Gasteiger partial charge in [0.25, 0.3) is 5.91 Å². The maximum Gasteiger partial charge on any atom is 0.253 e. The first-order valence-corrected chi connectivity index (χ1v) is 10.4. The number of hydrogen-bond acceptors (Lipinski definition) is 5. The van der Waals surface area contributed by atoms with E-state index in [2.05, 4.69) is 4.90 Å². The molecule has 1 amide bonds. The Bertz CT molecular complexity index is 797. The quantitative estimate of drug-likeness (QED) is 0.721. The molecule has 3 rings (SSSR count). The molecule has 2 aromatic rings. The van der Waals surface area contributed by atoms with E-state index in [4.69, 9.17) is 9.47 Å². The molecule has 1 atom stereocenters. The van der Waals surface area contributed by atoms with E-state index in [1.807, 2.05) is 37.4 Å². The summed E-state index contributed by atoms with van der Waals surface area (Å²) < 4.78 is 10.6. The fourth-order valence-corrected chi connectivity index (χ4v) is 4.00. The Morgan fingerprint density at radius 3 is 2.27 bits per heavy atom. The predicted molar refractivity (Wildman–Crippen MR) is 117 cm³/mol. The van der Waals surface area contributed by atoms with Crippen molar-refractivity contribution in [2.45, 2.75) is 18.9 Å². The second-order valence-corrected chi connectivity index (χ2v) is 7.96. The molecule has 2 aromatic carbocycles. The van der Waals surface area contributed by atoms with Crippen LogP contribution < -0.4 is 9.47 Å². The van der Waals surface area contributed by atoms with Gasteiger partial charge in [-0.3, -0.25) is 4.79 Å². The summed E-state index contributed by atoms with van der Waals surface area (Å²) in [6.07, 6.45) is 1.57. The van der Waals surface area contributed by atoms with Crippen molar-refractivity contribution in [3.63, 3.8) is 0 Å². The highest BCUT2D eigenvalue weighted by atomic mass is 16.5. The molecule has 6 heteroatoms. The summed E-state index contributed by atoms with van der Waals surface area (Å²) in [5.41, 5.74) is 1.52. The third-order valence-corrected chi connectivity index (χ3v) is 5.80. The lowest BCUT2D eigenvalue weighted by Gasteiger charge is -2.35. The number of aliphatic hydroxyl groups excluding tert-OH is 1. The van der Waals surface area contributed by atoms with Gasteiger partial charge in [-0.1, -0.05) is 30.3 Å². The SMILES string of the molecule is COc1cc(OC)cc(C(=O)N(C)CC2CCN(C[C@@H](O)c3ccccc3)CC2)c1. The van der Waals surface area contributed by atoms with Crippen LogP contribution >= 0.6 is 0 Å². The Hall–Kier alpha value is -2.57. The van der Waals surface area contributed by atoms with Crippen LogP contribution in [0.2, 0.25) is 0 Å². The Balaban J connectivity index is 1.50. The molecule has 1 heterocycles. The van der Waals surface area contributed by atoms with Gasteiger partial charge < -0.3 is 24.4 Å². The van der Waals surface area contributed by atoms with Crippen molar-refractivity contribution < 1.29 is 19.4 Å². The van der Waals surface area contributed by atoms with Crippen molar-refractivity contribution in [1.82, 2.24) is 9.80 Å². The van der Waals surface area contributed by atoms with Crippen LogP contribution in [-0.2, 0) is 0 Å². The number of piperidine rings is 1. The molecule has 1 aliphatic rings. The van der Waals surface area contributed by atoms with Crippen LogP contribution in [0.1, 0.15) is 34.9 Å². The van der Waals surface area contributed by atoms with Crippen LogP contribution in [0.25, 0.3) is 0 Å². The summed E-state index contributed by atoms with van der Waals surface area (Å²) in [4.78, 5) is 17.0. The van der Waals surface area contributed by atoms with Crippen molar-refractivity contribution in [1.29, 1.82) is 0 Å². The molecule has 30 heavy (non-hydrogen) atoms. The largest absolute Gasteiger partial charge is 0.497 e. The first-order chi connectivity index (χ1) is 14.5. The highest BCUT2D eigenvalue weighted by Crippen LogP contribution is 2.25. The summed E-state index contributed by atoms with van der Waals surface area (Å²) in [7, 11) is 5.00. The minimum atomic E-state index is -0.463. The summed E-state index contributed by atoms with van der Waals surface area (Å²) >= 11 is 0. The summed E-state index contributed by atoms with van der Waals surface area (Å²) in [6, 6.07) is 15.0. The molecule has 1 saturated heterocycles. The zero-order valence-corrected chi connectivity index (χ0v) is 18.1. The monoisotopic (exact) mass is 412 g/mol. The molecule has 0 radical (unpaired) electrons. The lowest BCUT2D eigenvalue weighted by Crippen LogP contribution is -2.40. The lowest BCUT2D eigenvalue weighted by atomic mass is 9.95. The van der Waals surface area contributed by atoms with E-state index < -0.39 is 6.10 Å². The van der Waals surface area contributed by atoms with E-state index in [1.54, 1.807) is 37.3 Å². The van der Waals surface area contributed by atoms with Crippen LogP contribution in [0.5, 0.6) is 11.5 Å². The smallest absolute Gasteiger partial charge is 0.253 e. The Morgan fingerprint density at radius 2 is 1.70 bits per heavy atom. The normalized spacial score (nSPS) is 16.1. The predicted octanol–water partition coefficient (Wildman–Crippen LogP) is 3.22. The molecule has 0 spiro atoms. The highest BCUT2D eigenvalue weighted by molar-refractivity contribution is 5.95. The first kappa shape index (κ1) is 22.1. The Labute approximate surface area is 179 Å².